The monoisotopic (exact) mass is 184 g/mol. The Morgan fingerprint density at radius 1 is 1.46 bits per heavy atom. The predicted molar refractivity (Wildman–Crippen MR) is 52.4 cm³/mol. The first-order valence-corrected chi connectivity index (χ1v) is 5.38. The lowest BCUT2D eigenvalue weighted by Crippen LogP contribution is -2.33. The lowest BCUT2D eigenvalue weighted by atomic mass is 9.76. The maximum atomic E-state index is 10.9. The molecule has 1 heterocycles. The maximum absolute atomic E-state index is 10.9. The van der Waals surface area contributed by atoms with Crippen LogP contribution in [-0.4, -0.2) is 12.6 Å². The van der Waals surface area contributed by atoms with E-state index in [4.69, 9.17) is 4.74 Å². The molecular weight excluding hydrogens is 164 g/mol. The fraction of sp³-hybridized carbons (Fsp3) is 0.909. The van der Waals surface area contributed by atoms with Gasteiger partial charge in [0.25, 0.3) is 0 Å². The molecule has 2 heteroatoms. The normalized spacial score (nSPS) is 28.6. The second-order valence-electron chi connectivity index (χ2n) is 4.12. The number of esters is 1. The SMILES string of the molecule is CCCC[C@]1(CC)CCC(=O)OC1. The van der Waals surface area contributed by atoms with Gasteiger partial charge in [-0.1, -0.05) is 26.7 Å². The standard InChI is InChI=1S/C11H20O2/c1-3-5-7-11(4-2)8-6-10(12)13-9-11/h3-9H2,1-2H3/t11-/m1/s1. The highest BCUT2D eigenvalue weighted by Gasteiger charge is 2.33. The van der Waals surface area contributed by atoms with Gasteiger partial charge in [0, 0.05) is 11.8 Å². The molecule has 1 fully saturated rings. The summed E-state index contributed by atoms with van der Waals surface area (Å²) in [4.78, 5) is 10.9. The largest absolute Gasteiger partial charge is 0.465 e. The van der Waals surface area contributed by atoms with Crippen molar-refractivity contribution in [2.24, 2.45) is 5.41 Å². The Balaban J connectivity index is 2.44. The molecule has 0 radical (unpaired) electrons. The zero-order valence-corrected chi connectivity index (χ0v) is 8.77. The molecule has 1 aliphatic heterocycles. The molecule has 0 spiro atoms. The molecule has 76 valence electrons. The van der Waals surface area contributed by atoms with Crippen LogP contribution in [0.5, 0.6) is 0 Å². The zero-order chi connectivity index (χ0) is 9.73. The Morgan fingerprint density at radius 3 is 2.69 bits per heavy atom. The van der Waals surface area contributed by atoms with Crippen LogP contribution in [0, 0.1) is 5.41 Å². The van der Waals surface area contributed by atoms with Crippen LogP contribution in [-0.2, 0) is 9.53 Å². The fourth-order valence-electron chi connectivity index (χ4n) is 1.95. The van der Waals surface area contributed by atoms with Gasteiger partial charge in [-0.05, 0) is 19.3 Å². The molecule has 13 heavy (non-hydrogen) atoms. The molecule has 0 saturated carbocycles. The molecule has 1 rings (SSSR count). The predicted octanol–water partition coefficient (Wildman–Crippen LogP) is 2.91. The van der Waals surface area contributed by atoms with Crippen LogP contribution in [0.15, 0.2) is 0 Å². The van der Waals surface area contributed by atoms with Gasteiger partial charge in [-0.2, -0.15) is 0 Å². The Morgan fingerprint density at radius 2 is 2.23 bits per heavy atom. The number of unbranched alkanes of at least 4 members (excludes halogenated alkanes) is 1. The van der Waals surface area contributed by atoms with Crippen LogP contribution in [0.25, 0.3) is 0 Å². The van der Waals surface area contributed by atoms with Crippen LogP contribution < -0.4 is 0 Å². The van der Waals surface area contributed by atoms with Crippen molar-refractivity contribution in [1.82, 2.24) is 0 Å². The molecule has 2 nitrogen and oxygen atoms in total. The minimum absolute atomic E-state index is 0.0134. The number of hydrogen-bond acceptors (Lipinski definition) is 2. The van der Waals surface area contributed by atoms with E-state index in [1.165, 1.54) is 19.3 Å². The third-order valence-electron chi connectivity index (χ3n) is 3.21. The van der Waals surface area contributed by atoms with Crippen molar-refractivity contribution in [1.29, 1.82) is 0 Å². The average molecular weight is 184 g/mol. The van der Waals surface area contributed by atoms with Gasteiger partial charge in [0.2, 0.25) is 0 Å². The van der Waals surface area contributed by atoms with Gasteiger partial charge >= 0.3 is 5.97 Å². The third kappa shape index (κ3) is 2.71. The molecule has 1 saturated heterocycles. The molecule has 0 aliphatic carbocycles. The zero-order valence-electron chi connectivity index (χ0n) is 8.77. The molecule has 0 amide bonds. The van der Waals surface area contributed by atoms with E-state index in [-0.39, 0.29) is 5.97 Å². The number of carbonyl (C=O) groups is 1. The summed E-state index contributed by atoms with van der Waals surface area (Å²) < 4.78 is 5.14. The molecule has 0 aromatic rings. The van der Waals surface area contributed by atoms with Gasteiger partial charge in [0.05, 0.1) is 6.61 Å². The van der Waals surface area contributed by atoms with E-state index < -0.39 is 0 Å². The lowest BCUT2D eigenvalue weighted by molar-refractivity contribution is -0.155. The van der Waals surface area contributed by atoms with Crippen LogP contribution in [0.2, 0.25) is 0 Å². The van der Waals surface area contributed by atoms with Crippen molar-refractivity contribution >= 4 is 5.97 Å². The van der Waals surface area contributed by atoms with Crippen LogP contribution >= 0.6 is 0 Å². The average Bonchev–Trinajstić information content (AvgIpc) is 2.18. The second-order valence-corrected chi connectivity index (χ2v) is 4.12. The number of cyclic esters (lactones) is 1. The quantitative estimate of drug-likeness (QED) is 0.628. The number of carbonyl (C=O) groups excluding carboxylic acids is 1. The highest BCUT2D eigenvalue weighted by molar-refractivity contribution is 5.70. The summed E-state index contributed by atoms with van der Waals surface area (Å²) in [5, 5.41) is 0. The highest BCUT2D eigenvalue weighted by Crippen LogP contribution is 2.37. The fourth-order valence-corrected chi connectivity index (χ4v) is 1.95. The molecule has 1 atom stereocenters. The van der Waals surface area contributed by atoms with E-state index in [1.54, 1.807) is 0 Å². The Kier molecular flexibility index (Phi) is 3.76. The topological polar surface area (TPSA) is 26.3 Å². The lowest BCUT2D eigenvalue weighted by Gasteiger charge is -2.35. The molecule has 0 aromatic heterocycles. The van der Waals surface area contributed by atoms with Gasteiger partial charge in [0.15, 0.2) is 0 Å². The maximum Gasteiger partial charge on any atom is 0.305 e. The summed E-state index contributed by atoms with van der Waals surface area (Å²) in [5.74, 6) is -0.0134. The van der Waals surface area contributed by atoms with Crippen molar-refractivity contribution < 1.29 is 9.53 Å². The third-order valence-corrected chi connectivity index (χ3v) is 3.21. The molecule has 0 N–H and O–H groups in total. The number of ether oxygens (including phenoxy) is 1. The first-order valence-electron chi connectivity index (χ1n) is 5.38. The first-order chi connectivity index (χ1) is 6.22. The Hall–Kier alpha value is -0.530. The summed E-state index contributed by atoms with van der Waals surface area (Å²) in [7, 11) is 0. The van der Waals surface area contributed by atoms with Gasteiger partial charge in [-0.3, -0.25) is 4.79 Å². The van der Waals surface area contributed by atoms with Gasteiger partial charge in [-0.25, -0.2) is 0 Å². The highest BCUT2D eigenvalue weighted by atomic mass is 16.5. The van der Waals surface area contributed by atoms with Crippen LogP contribution in [0.4, 0.5) is 0 Å². The van der Waals surface area contributed by atoms with E-state index in [0.29, 0.717) is 18.4 Å². The van der Waals surface area contributed by atoms with Crippen molar-refractivity contribution in [3.05, 3.63) is 0 Å². The van der Waals surface area contributed by atoms with Crippen LogP contribution in [0.1, 0.15) is 52.4 Å². The van der Waals surface area contributed by atoms with Crippen molar-refractivity contribution in [3.8, 4) is 0 Å². The molecule has 0 aromatic carbocycles. The Labute approximate surface area is 80.7 Å². The van der Waals surface area contributed by atoms with Gasteiger partial charge < -0.3 is 4.74 Å². The summed E-state index contributed by atoms with van der Waals surface area (Å²) in [5.41, 5.74) is 0.309. The molecule has 0 bridgehead atoms. The van der Waals surface area contributed by atoms with Crippen molar-refractivity contribution in [2.75, 3.05) is 6.61 Å². The minimum atomic E-state index is -0.0134. The van der Waals surface area contributed by atoms with E-state index in [0.717, 1.165) is 12.8 Å². The summed E-state index contributed by atoms with van der Waals surface area (Å²) in [6, 6.07) is 0. The Bertz CT molecular complexity index is 165. The summed E-state index contributed by atoms with van der Waals surface area (Å²) >= 11 is 0. The summed E-state index contributed by atoms with van der Waals surface area (Å²) in [6.45, 7) is 5.06. The van der Waals surface area contributed by atoms with E-state index >= 15 is 0 Å². The van der Waals surface area contributed by atoms with E-state index in [1.807, 2.05) is 0 Å². The second kappa shape index (κ2) is 4.64. The molecule has 0 unspecified atom stereocenters. The number of rotatable bonds is 4. The summed E-state index contributed by atoms with van der Waals surface area (Å²) in [6.07, 6.45) is 6.49. The van der Waals surface area contributed by atoms with E-state index in [9.17, 15) is 4.79 Å². The van der Waals surface area contributed by atoms with Gasteiger partial charge in [0.1, 0.15) is 0 Å². The van der Waals surface area contributed by atoms with E-state index in [2.05, 4.69) is 13.8 Å². The van der Waals surface area contributed by atoms with Crippen LogP contribution in [0.3, 0.4) is 0 Å². The van der Waals surface area contributed by atoms with Crippen molar-refractivity contribution in [2.45, 2.75) is 52.4 Å². The van der Waals surface area contributed by atoms with Crippen molar-refractivity contribution in [3.63, 3.8) is 0 Å². The van der Waals surface area contributed by atoms with Gasteiger partial charge in [-0.15, -0.1) is 0 Å². The molecular formula is C11H20O2. The molecule has 1 aliphatic rings. The smallest absolute Gasteiger partial charge is 0.305 e. The number of hydrogen-bond donors (Lipinski definition) is 0. The first kappa shape index (κ1) is 10.6. The minimum Gasteiger partial charge on any atom is -0.465 e.